The van der Waals surface area contributed by atoms with Crippen molar-refractivity contribution in [3.8, 4) is 0 Å². The molecule has 0 aliphatic carbocycles. The molecule has 2 aromatic carbocycles. The maximum absolute atomic E-state index is 12.1. The first-order chi connectivity index (χ1) is 11.2. The summed E-state index contributed by atoms with van der Waals surface area (Å²) in [6.07, 6.45) is 0.342. The van der Waals surface area contributed by atoms with Gasteiger partial charge in [-0.3, -0.25) is 4.79 Å². The van der Waals surface area contributed by atoms with Gasteiger partial charge in [0.05, 0.1) is 6.04 Å². The molecule has 2 N–H and O–H groups in total. The van der Waals surface area contributed by atoms with Crippen molar-refractivity contribution < 1.29 is 9.59 Å². The van der Waals surface area contributed by atoms with Crippen LogP contribution in [0.2, 0.25) is 0 Å². The van der Waals surface area contributed by atoms with E-state index in [1.54, 1.807) is 4.90 Å². The number of likely N-dealkylation sites (tertiary alicyclic amines) is 1. The molecule has 3 amide bonds. The summed E-state index contributed by atoms with van der Waals surface area (Å²) in [5.74, 6) is 0.0684. The lowest BCUT2D eigenvalue weighted by atomic mass is 10.2. The Balaban J connectivity index is 1.52. The van der Waals surface area contributed by atoms with Gasteiger partial charge in [-0.05, 0) is 17.7 Å². The number of benzene rings is 2. The van der Waals surface area contributed by atoms with Gasteiger partial charge in [-0.2, -0.15) is 0 Å². The fraction of sp³-hybridized carbons (Fsp3) is 0.222. The highest BCUT2D eigenvalue weighted by atomic mass is 16.2. The lowest BCUT2D eigenvalue weighted by Gasteiger charge is -2.17. The van der Waals surface area contributed by atoms with Gasteiger partial charge in [-0.1, -0.05) is 48.5 Å². The normalized spacial score (nSPS) is 17.1. The molecule has 0 radical (unpaired) electrons. The molecule has 0 bridgehead atoms. The number of rotatable bonds is 4. The van der Waals surface area contributed by atoms with Crippen molar-refractivity contribution in [2.24, 2.45) is 0 Å². The van der Waals surface area contributed by atoms with Crippen molar-refractivity contribution in [3.63, 3.8) is 0 Å². The average Bonchev–Trinajstić information content (AvgIpc) is 2.88. The third kappa shape index (κ3) is 4.10. The topological polar surface area (TPSA) is 61.4 Å². The Morgan fingerprint density at radius 3 is 2.39 bits per heavy atom. The Morgan fingerprint density at radius 1 is 1.04 bits per heavy atom. The first-order valence-corrected chi connectivity index (χ1v) is 7.65. The van der Waals surface area contributed by atoms with E-state index in [0.717, 1.165) is 11.3 Å². The lowest BCUT2D eigenvalue weighted by Crippen LogP contribution is -2.39. The molecule has 0 unspecified atom stereocenters. The summed E-state index contributed by atoms with van der Waals surface area (Å²) in [6.45, 7) is 1.12. The van der Waals surface area contributed by atoms with Crippen molar-refractivity contribution in [1.82, 2.24) is 10.2 Å². The lowest BCUT2D eigenvalue weighted by molar-refractivity contribution is -0.128. The number of para-hydroxylation sites is 1. The number of hydrogen-bond acceptors (Lipinski definition) is 2. The number of carbonyl (C=O) groups excluding carboxylic acids is 2. The number of hydrogen-bond donors (Lipinski definition) is 2. The standard InChI is InChI=1S/C18H19N3O2/c22-17-11-16(13-21(17)12-14-7-3-1-4-8-14)20-18(23)19-15-9-5-2-6-10-15/h1-10,16H,11-13H2,(H2,19,20,23)/t16-/m0/s1. The van der Waals surface area contributed by atoms with E-state index in [-0.39, 0.29) is 18.0 Å². The summed E-state index contributed by atoms with van der Waals surface area (Å²) >= 11 is 0. The van der Waals surface area contributed by atoms with Crippen LogP contribution in [0.3, 0.4) is 0 Å². The molecule has 1 fully saturated rings. The molecule has 118 valence electrons. The molecule has 23 heavy (non-hydrogen) atoms. The molecule has 0 spiro atoms. The van der Waals surface area contributed by atoms with Crippen LogP contribution < -0.4 is 10.6 Å². The molecule has 0 saturated carbocycles. The van der Waals surface area contributed by atoms with Gasteiger partial charge in [-0.25, -0.2) is 4.79 Å². The predicted molar refractivity (Wildman–Crippen MR) is 88.9 cm³/mol. The van der Waals surface area contributed by atoms with E-state index < -0.39 is 0 Å². The highest BCUT2D eigenvalue weighted by Crippen LogP contribution is 2.15. The van der Waals surface area contributed by atoms with E-state index in [0.29, 0.717) is 19.5 Å². The van der Waals surface area contributed by atoms with Gasteiger partial charge in [0.25, 0.3) is 0 Å². The summed E-state index contributed by atoms with van der Waals surface area (Å²) in [4.78, 5) is 25.9. The third-order valence-corrected chi connectivity index (χ3v) is 3.80. The predicted octanol–water partition coefficient (Wildman–Crippen LogP) is 2.61. The van der Waals surface area contributed by atoms with Crippen LogP contribution in [0, 0.1) is 0 Å². The van der Waals surface area contributed by atoms with E-state index >= 15 is 0 Å². The molecule has 0 aromatic heterocycles. The Kier molecular flexibility index (Phi) is 4.57. The van der Waals surface area contributed by atoms with Crippen LogP contribution in [0.1, 0.15) is 12.0 Å². The van der Waals surface area contributed by atoms with Crippen molar-refractivity contribution in [2.75, 3.05) is 11.9 Å². The van der Waals surface area contributed by atoms with E-state index in [4.69, 9.17) is 0 Å². The Hall–Kier alpha value is -2.82. The maximum Gasteiger partial charge on any atom is 0.319 e. The highest BCUT2D eigenvalue weighted by molar-refractivity contribution is 5.90. The van der Waals surface area contributed by atoms with Crippen LogP contribution in [0.15, 0.2) is 60.7 Å². The molecule has 1 aliphatic rings. The van der Waals surface area contributed by atoms with Crippen molar-refractivity contribution >= 4 is 17.6 Å². The van der Waals surface area contributed by atoms with Gasteiger partial charge in [0.15, 0.2) is 0 Å². The minimum atomic E-state index is -0.282. The molecular weight excluding hydrogens is 290 g/mol. The van der Waals surface area contributed by atoms with E-state index in [1.165, 1.54) is 0 Å². The number of amides is 3. The van der Waals surface area contributed by atoms with Crippen molar-refractivity contribution in [3.05, 3.63) is 66.2 Å². The number of anilines is 1. The third-order valence-electron chi connectivity index (χ3n) is 3.80. The first-order valence-electron chi connectivity index (χ1n) is 7.65. The number of nitrogens with zero attached hydrogens (tertiary/aromatic N) is 1. The zero-order valence-electron chi connectivity index (χ0n) is 12.7. The monoisotopic (exact) mass is 309 g/mol. The molecule has 3 rings (SSSR count). The van der Waals surface area contributed by atoms with Crippen LogP contribution in [-0.2, 0) is 11.3 Å². The zero-order chi connectivity index (χ0) is 16.1. The van der Waals surface area contributed by atoms with Crippen LogP contribution in [-0.4, -0.2) is 29.4 Å². The smallest absolute Gasteiger partial charge is 0.319 e. The summed E-state index contributed by atoms with van der Waals surface area (Å²) in [5.41, 5.74) is 1.82. The maximum atomic E-state index is 12.1. The molecule has 1 atom stereocenters. The average molecular weight is 309 g/mol. The summed E-state index contributed by atoms with van der Waals surface area (Å²) in [7, 11) is 0. The van der Waals surface area contributed by atoms with Crippen LogP contribution in [0.5, 0.6) is 0 Å². The van der Waals surface area contributed by atoms with Gasteiger partial charge < -0.3 is 15.5 Å². The Bertz CT molecular complexity index is 673. The van der Waals surface area contributed by atoms with E-state index in [1.807, 2.05) is 60.7 Å². The minimum Gasteiger partial charge on any atom is -0.336 e. The highest BCUT2D eigenvalue weighted by Gasteiger charge is 2.30. The fourth-order valence-electron chi connectivity index (χ4n) is 2.70. The second kappa shape index (κ2) is 6.96. The van der Waals surface area contributed by atoms with Crippen LogP contribution >= 0.6 is 0 Å². The van der Waals surface area contributed by atoms with Gasteiger partial charge in [0, 0.05) is 25.2 Å². The van der Waals surface area contributed by atoms with Crippen LogP contribution in [0.25, 0.3) is 0 Å². The molecule has 5 nitrogen and oxygen atoms in total. The first kappa shape index (κ1) is 15.1. The number of urea groups is 1. The van der Waals surface area contributed by atoms with Crippen LogP contribution in [0.4, 0.5) is 10.5 Å². The van der Waals surface area contributed by atoms with Crippen molar-refractivity contribution in [1.29, 1.82) is 0 Å². The molecule has 1 saturated heterocycles. The summed E-state index contributed by atoms with van der Waals surface area (Å²) in [6, 6.07) is 18.7. The second-order valence-electron chi connectivity index (χ2n) is 5.63. The minimum absolute atomic E-state index is 0.0684. The SMILES string of the molecule is O=C(Nc1ccccc1)N[C@H]1CC(=O)N(Cc2ccccc2)C1. The van der Waals surface area contributed by atoms with Crippen molar-refractivity contribution in [2.45, 2.75) is 19.0 Å². The number of nitrogens with one attached hydrogen (secondary N) is 2. The summed E-state index contributed by atoms with van der Waals surface area (Å²) in [5, 5.41) is 5.63. The molecule has 1 heterocycles. The molecule has 5 heteroatoms. The van der Waals surface area contributed by atoms with Gasteiger partial charge >= 0.3 is 6.03 Å². The zero-order valence-corrected chi connectivity index (χ0v) is 12.7. The summed E-state index contributed by atoms with van der Waals surface area (Å²) < 4.78 is 0. The molecule has 1 aliphatic heterocycles. The fourth-order valence-corrected chi connectivity index (χ4v) is 2.70. The quantitative estimate of drug-likeness (QED) is 0.912. The molecule has 2 aromatic rings. The van der Waals surface area contributed by atoms with E-state index in [2.05, 4.69) is 10.6 Å². The van der Waals surface area contributed by atoms with Gasteiger partial charge in [-0.15, -0.1) is 0 Å². The van der Waals surface area contributed by atoms with Gasteiger partial charge in [0.1, 0.15) is 0 Å². The van der Waals surface area contributed by atoms with E-state index in [9.17, 15) is 9.59 Å². The molecular formula is C18H19N3O2. The largest absolute Gasteiger partial charge is 0.336 e. The number of carbonyl (C=O) groups is 2. The Morgan fingerprint density at radius 2 is 1.70 bits per heavy atom. The second-order valence-corrected chi connectivity index (χ2v) is 5.63. The Labute approximate surface area is 135 Å². The van der Waals surface area contributed by atoms with Gasteiger partial charge in [0.2, 0.25) is 5.91 Å².